The molecule has 1 rings (SSSR count). The molecule has 0 saturated heterocycles. The van der Waals surface area contributed by atoms with E-state index < -0.39 is 0 Å². The largest absolute Gasteiger partial charge is 0.306 e. The molecule has 0 saturated carbocycles. The second-order valence-corrected chi connectivity index (χ2v) is 3.27. The molecule has 1 aromatic rings. The number of allylic oxidation sites excluding steroid dienone is 1. The summed E-state index contributed by atoms with van der Waals surface area (Å²) in [5, 5.41) is 0.271. The molecule has 0 amide bonds. The summed E-state index contributed by atoms with van der Waals surface area (Å²) in [5.74, 6) is 0. The second-order valence-electron chi connectivity index (χ2n) is 2.21. The van der Waals surface area contributed by atoms with Crippen molar-refractivity contribution in [2.45, 2.75) is 6.54 Å². The maximum atomic E-state index is 11.3. The molecule has 70 valence electrons. The standard InChI is InChI=1S/C7H5Cl3N2O/c8-3-5(9)4-12-2-1-11-6(10)7(12)13/h1-3H,4H2/b5-3+. The third-order valence-corrected chi connectivity index (χ3v) is 2.17. The van der Waals surface area contributed by atoms with Crippen LogP contribution in [0.1, 0.15) is 0 Å². The van der Waals surface area contributed by atoms with Crippen LogP contribution in [-0.2, 0) is 6.54 Å². The normalized spacial score (nSPS) is 11.8. The zero-order valence-corrected chi connectivity index (χ0v) is 8.64. The van der Waals surface area contributed by atoms with Crippen LogP contribution in [0.3, 0.4) is 0 Å². The van der Waals surface area contributed by atoms with Crippen LogP contribution in [0.5, 0.6) is 0 Å². The molecule has 0 unspecified atom stereocenters. The van der Waals surface area contributed by atoms with Gasteiger partial charge in [-0.3, -0.25) is 4.79 Å². The fourth-order valence-electron chi connectivity index (χ4n) is 0.742. The minimum absolute atomic E-state index is 0.0819. The molecular weight excluding hydrogens is 234 g/mol. The Morgan fingerprint density at radius 2 is 2.38 bits per heavy atom. The molecule has 0 bridgehead atoms. The van der Waals surface area contributed by atoms with Gasteiger partial charge in [0.1, 0.15) is 0 Å². The molecule has 0 radical (unpaired) electrons. The van der Waals surface area contributed by atoms with Gasteiger partial charge in [0.2, 0.25) is 0 Å². The molecule has 0 aliphatic carbocycles. The predicted octanol–water partition coefficient (Wildman–Crippen LogP) is 2.22. The number of nitrogens with zero attached hydrogens (tertiary/aromatic N) is 2. The topological polar surface area (TPSA) is 34.9 Å². The fourth-order valence-corrected chi connectivity index (χ4v) is 1.11. The van der Waals surface area contributed by atoms with Crippen LogP contribution in [0.2, 0.25) is 5.15 Å². The summed E-state index contributed by atoms with van der Waals surface area (Å²) in [6.07, 6.45) is 2.90. The average molecular weight is 239 g/mol. The van der Waals surface area contributed by atoms with E-state index in [2.05, 4.69) is 4.98 Å². The lowest BCUT2D eigenvalue weighted by molar-refractivity contribution is 0.759. The number of aromatic nitrogens is 2. The zero-order chi connectivity index (χ0) is 9.84. The molecule has 0 atom stereocenters. The quantitative estimate of drug-likeness (QED) is 0.793. The SMILES string of the molecule is O=c1c(Cl)nccn1C/C(Cl)=C\Cl. The van der Waals surface area contributed by atoms with E-state index in [0.717, 1.165) is 0 Å². The van der Waals surface area contributed by atoms with Crippen molar-refractivity contribution >= 4 is 34.8 Å². The van der Waals surface area contributed by atoms with E-state index in [9.17, 15) is 4.79 Å². The van der Waals surface area contributed by atoms with Crippen molar-refractivity contribution in [2.75, 3.05) is 0 Å². The second kappa shape index (κ2) is 4.65. The van der Waals surface area contributed by atoms with E-state index in [4.69, 9.17) is 34.8 Å². The number of hydrogen-bond donors (Lipinski definition) is 0. The number of hydrogen-bond acceptors (Lipinski definition) is 2. The van der Waals surface area contributed by atoms with Crippen LogP contribution in [0.4, 0.5) is 0 Å². The van der Waals surface area contributed by atoms with E-state index in [1.165, 1.54) is 22.5 Å². The van der Waals surface area contributed by atoms with Crippen LogP contribution in [0.25, 0.3) is 0 Å². The van der Waals surface area contributed by atoms with E-state index in [1.54, 1.807) is 0 Å². The smallest absolute Gasteiger partial charge is 0.288 e. The summed E-state index contributed by atoms with van der Waals surface area (Å²) in [5.41, 5.74) is 0.809. The zero-order valence-electron chi connectivity index (χ0n) is 6.38. The fraction of sp³-hybridized carbons (Fsp3) is 0.143. The monoisotopic (exact) mass is 238 g/mol. The van der Waals surface area contributed by atoms with Gasteiger partial charge < -0.3 is 4.57 Å². The first-order chi connectivity index (χ1) is 6.15. The summed E-state index contributed by atoms with van der Waals surface area (Å²) >= 11 is 16.5. The van der Waals surface area contributed by atoms with E-state index in [-0.39, 0.29) is 17.3 Å². The first kappa shape index (κ1) is 10.6. The van der Waals surface area contributed by atoms with Crippen molar-refractivity contribution in [1.29, 1.82) is 0 Å². The van der Waals surface area contributed by atoms with Crippen LogP contribution in [0.15, 0.2) is 27.8 Å². The van der Waals surface area contributed by atoms with Crippen molar-refractivity contribution in [3.63, 3.8) is 0 Å². The van der Waals surface area contributed by atoms with Crippen molar-refractivity contribution < 1.29 is 0 Å². The highest BCUT2D eigenvalue weighted by molar-refractivity contribution is 6.36. The molecule has 1 heterocycles. The van der Waals surface area contributed by atoms with Gasteiger partial charge in [-0.2, -0.15) is 0 Å². The Balaban J connectivity index is 3.03. The van der Waals surface area contributed by atoms with Gasteiger partial charge in [-0.05, 0) is 0 Å². The van der Waals surface area contributed by atoms with E-state index in [0.29, 0.717) is 5.03 Å². The summed E-state index contributed by atoms with van der Waals surface area (Å²) in [4.78, 5) is 14.9. The molecule has 0 N–H and O–H groups in total. The van der Waals surface area contributed by atoms with Gasteiger partial charge in [0, 0.05) is 23.0 Å². The minimum Gasteiger partial charge on any atom is -0.306 e. The van der Waals surface area contributed by atoms with Crippen molar-refractivity contribution in [2.24, 2.45) is 0 Å². The molecule has 13 heavy (non-hydrogen) atoms. The van der Waals surface area contributed by atoms with Crippen LogP contribution in [0, 0.1) is 0 Å². The highest BCUT2D eigenvalue weighted by Gasteiger charge is 2.02. The lowest BCUT2D eigenvalue weighted by atomic mass is 10.5. The summed E-state index contributed by atoms with van der Waals surface area (Å²) in [6.45, 7) is 0.201. The molecule has 0 aliphatic heterocycles. The van der Waals surface area contributed by atoms with Crippen molar-refractivity contribution in [3.05, 3.63) is 38.5 Å². The Bertz CT molecular complexity index is 386. The molecule has 3 nitrogen and oxygen atoms in total. The van der Waals surface area contributed by atoms with Gasteiger partial charge in [0.15, 0.2) is 5.15 Å². The Labute approximate surface area is 89.6 Å². The number of rotatable bonds is 2. The first-order valence-electron chi connectivity index (χ1n) is 3.31. The molecular formula is C7H5Cl3N2O. The molecule has 0 spiro atoms. The van der Waals surface area contributed by atoms with Gasteiger partial charge in [-0.15, -0.1) is 0 Å². The lowest BCUT2D eigenvalue weighted by Gasteiger charge is -2.02. The van der Waals surface area contributed by atoms with Crippen LogP contribution >= 0.6 is 34.8 Å². The van der Waals surface area contributed by atoms with Crippen LogP contribution < -0.4 is 5.56 Å². The molecule has 0 aliphatic rings. The lowest BCUT2D eigenvalue weighted by Crippen LogP contribution is -2.20. The highest BCUT2D eigenvalue weighted by Crippen LogP contribution is 2.05. The van der Waals surface area contributed by atoms with Crippen molar-refractivity contribution in [3.8, 4) is 0 Å². The Hall–Kier alpha value is -0.510. The Kier molecular flexibility index (Phi) is 3.78. The highest BCUT2D eigenvalue weighted by atomic mass is 35.5. The van der Waals surface area contributed by atoms with Crippen LogP contribution in [-0.4, -0.2) is 9.55 Å². The van der Waals surface area contributed by atoms with Crippen molar-refractivity contribution in [1.82, 2.24) is 9.55 Å². The third-order valence-electron chi connectivity index (χ3n) is 1.31. The average Bonchev–Trinajstić information content (AvgIpc) is 2.13. The Morgan fingerprint density at radius 3 is 3.00 bits per heavy atom. The van der Waals surface area contributed by atoms with Gasteiger partial charge in [0.05, 0.1) is 6.54 Å². The van der Waals surface area contributed by atoms with Gasteiger partial charge in [0.25, 0.3) is 5.56 Å². The summed E-state index contributed by atoms with van der Waals surface area (Å²) < 4.78 is 1.32. The van der Waals surface area contributed by atoms with Gasteiger partial charge >= 0.3 is 0 Å². The molecule has 0 fully saturated rings. The molecule has 0 aromatic carbocycles. The minimum atomic E-state index is -0.388. The van der Waals surface area contributed by atoms with E-state index in [1.807, 2.05) is 0 Å². The summed E-state index contributed by atoms with van der Waals surface area (Å²) in [7, 11) is 0. The maximum Gasteiger partial charge on any atom is 0.288 e. The van der Waals surface area contributed by atoms with Gasteiger partial charge in [-0.1, -0.05) is 34.8 Å². The summed E-state index contributed by atoms with van der Waals surface area (Å²) in [6, 6.07) is 0. The molecule has 6 heteroatoms. The van der Waals surface area contributed by atoms with Gasteiger partial charge in [-0.25, -0.2) is 4.98 Å². The Morgan fingerprint density at radius 1 is 1.69 bits per heavy atom. The van der Waals surface area contributed by atoms with E-state index >= 15 is 0 Å². The number of halogens is 3. The molecule has 1 aromatic heterocycles. The first-order valence-corrected chi connectivity index (χ1v) is 4.50. The third kappa shape index (κ3) is 2.72. The maximum absolute atomic E-state index is 11.3. The predicted molar refractivity (Wildman–Crippen MR) is 53.3 cm³/mol.